The normalized spacial score (nSPS) is 26.0. The van der Waals surface area contributed by atoms with Gasteiger partial charge in [0.1, 0.15) is 17.4 Å². The number of benzene rings is 3. The van der Waals surface area contributed by atoms with E-state index >= 15 is 0 Å². The molecule has 2 amide bonds. The molecular formula is C47H53F3N4O7S. The third-order valence-corrected chi connectivity index (χ3v) is 15.3. The van der Waals surface area contributed by atoms with Gasteiger partial charge >= 0.3 is 6.36 Å². The fourth-order valence-corrected chi connectivity index (χ4v) is 10.5. The van der Waals surface area contributed by atoms with E-state index in [9.17, 15) is 36.0 Å². The molecule has 11 nitrogen and oxygen atoms in total. The predicted molar refractivity (Wildman–Crippen MR) is 227 cm³/mol. The number of rotatable bonds is 10. The Morgan fingerprint density at radius 1 is 0.984 bits per heavy atom. The number of hydrogen-bond acceptors (Lipinski definition) is 8. The smallest absolute Gasteiger partial charge is 0.459 e. The number of imidazole rings is 1. The van der Waals surface area contributed by atoms with E-state index in [4.69, 9.17) is 9.72 Å². The second-order valence-electron chi connectivity index (χ2n) is 18.0. The molecule has 2 aliphatic carbocycles. The Morgan fingerprint density at radius 3 is 2.42 bits per heavy atom. The molecule has 4 aliphatic rings. The van der Waals surface area contributed by atoms with Gasteiger partial charge in [0, 0.05) is 30.4 Å². The van der Waals surface area contributed by atoms with Crippen molar-refractivity contribution in [3.8, 4) is 22.9 Å². The molecule has 1 N–H and O–H groups in total. The highest BCUT2D eigenvalue weighted by molar-refractivity contribution is 7.91. The van der Waals surface area contributed by atoms with Crippen molar-refractivity contribution in [2.75, 3.05) is 6.54 Å². The maximum Gasteiger partial charge on any atom is 0.573 e. The van der Waals surface area contributed by atoms with Crippen LogP contribution in [-0.2, 0) is 30.8 Å². The lowest BCUT2D eigenvalue weighted by Gasteiger charge is -2.29. The number of para-hydroxylation sites is 1. The summed E-state index contributed by atoms with van der Waals surface area (Å²) in [5.74, 6) is -2.25. The average Bonchev–Trinajstić information content (AvgIpc) is 4.04. The monoisotopic (exact) mass is 874 g/mol. The Bertz CT molecular complexity index is 2470. The number of alkyl halides is 3. The zero-order valence-electron chi connectivity index (χ0n) is 35.2. The summed E-state index contributed by atoms with van der Waals surface area (Å²) in [6, 6.07) is 20.1. The molecule has 8 rings (SSSR count). The summed E-state index contributed by atoms with van der Waals surface area (Å²) in [5.41, 5.74) is 2.30. The first-order chi connectivity index (χ1) is 29.5. The summed E-state index contributed by atoms with van der Waals surface area (Å²) >= 11 is 0. The van der Waals surface area contributed by atoms with Gasteiger partial charge in [0.15, 0.2) is 5.78 Å². The van der Waals surface area contributed by atoms with Crippen LogP contribution in [0.3, 0.4) is 0 Å². The number of nitrogens with one attached hydrogen (secondary N) is 1. The first-order valence-corrected chi connectivity index (χ1v) is 23.1. The van der Waals surface area contributed by atoms with Crippen molar-refractivity contribution in [2.24, 2.45) is 17.3 Å². The lowest BCUT2D eigenvalue weighted by molar-refractivity contribution is -0.274. The SMILES string of the molecule is CC(C)n1c(O[C@@H]2C[C@H]3C(=O)C[C@]4(C(=O)NS(=O)(=O)C5(C)CC5)C[C@H]4/C=C\CCCCC[C@H](Cc4ccccc4)C(=O)N3C2)nc2c(-c3ccc(OC(F)(F)F)cc3)cccc21. The number of amides is 2. The average molecular weight is 875 g/mol. The number of carbonyl (C=O) groups excluding carboxylic acids is 3. The number of hydrogen-bond donors (Lipinski definition) is 1. The highest BCUT2D eigenvalue weighted by atomic mass is 32.2. The molecular weight excluding hydrogens is 822 g/mol. The van der Waals surface area contributed by atoms with E-state index in [1.54, 1.807) is 11.8 Å². The van der Waals surface area contributed by atoms with E-state index in [0.717, 1.165) is 36.8 Å². The van der Waals surface area contributed by atoms with E-state index in [-0.39, 0.29) is 54.8 Å². The number of aromatic nitrogens is 2. The van der Waals surface area contributed by atoms with E-state index < -0.39 is 50.5 Å². The van der Waals surface area contributed by atoms with Gasteiger partial charge in [-0.3, -0.25) is 23.7 Å². The molecule has 0 radical (unpaired) electrons. The van der Waals surface area contributed by atoms with Gasteiger partial charge in [-0.05, 0) is 101 Å². The largest absolute Gasteiger partial charge is 0.573 e. The first-order valence-electron chi connectivity index (χ1n) is 21.6. The minimum absolute atomic E-state index is 0.0879. The van der Waals surface area contributed by atoms with Gasteiger partial charge < -0.3 is 14.4 Å². The lowest BCUT2D eigenvalue weighted by atomic mass is 9.90. The van der Waals surface area contributed by atoms with Gasteiger partial charge in [0.05, 0.1) is 28.3 Å². The molecule has 0 bridgehead atoms. The minimum Gasteiger partial charge on any atom is -0.459 e. The number of allylic oxidation sites excluding steroid dienone is 2. The molecule has 0 unspecified atom stereocenters. The Morgan fingerprint density at radius 2 is 1.73 bits per heavy atom. The van der Waals surface area contributed by atoms with Crippen molar-refractivity contribution in [1.29, 1.82) is 0 Å². The van der Waals surface area contributed by atoms with Crippen LogP contribution in [0.4, 0.5) is 13.2 Å². The van der Waals surface area contributed by atoms with Crippen LogP contribution >= 0.6 is 0 Å². The molecule has 62 heavy (non-hydrogen) atoms. The number of Topliss-reactive ketones (excluding diaryl/α,β-unsaturated/α-hetero) is 1. The molecule has 15 heteroatoms. The van der Waals surface area contributed by atoms with Gasteiger partial charge in [-0.15, -0.1) is 13.2 Å². The molecule has 4 aromatic rings. The molecule has 3 aromatic carbocycles. The Hall–Kier alpha value is -5.18. The van der Waals surface area contributed by atoms with Gasteiger partial charge in [-0.1, -0.05) is 79.6 Å². The van der Waals surface area contributed by atoms with Gasteiger partial charge in [0.25, 0.3) is 6.01 Å². The van der Waals surface area contributed by atoms with Crippen LogP contribution in [0.1, 0.15) is 96.6 Å². The third kappa shape index (κ3) is 9.00. The van der Waals surface area contributed by atoms with Gasteiger partial charge in [-0.2, -0.15) is 4.98 Å². The molecule has 3 heterocycles. The summed E-state index contributed by atoms with van der Waals surface area (Å²) in [6.07, 6.45) is 4.10. The summed E-state index contributed by atoms with van der Waals surface area (Å²) in [6.45, 7) is 5.64. The van der Waals surface area contributed by atoms with E-state index in [1.165, 1.54) is 24.3 Å². The number of carbonyl (C=O) groups is 3. The highest BCUT2D eigenvalue weighted by Crippen LogP contribution is 2.57. The van der Waals surface area contributed by atoms with Crippen LogP contribution in [0.15, 0.2) is 84.9 Å². The molecule has 1 aromatic heterocycles. The Kier molecular flexibility index (Phi) is 11.8. The van der Waals surface area contributed by atoms with Crippen molar-refractivity contribution >= 4 is 38.7 Å². The molecule has 0 spiro atoms. The van der Waals surface area contributed by atoms with E-state index in [2.05, 4.69) is 9.46 Å². The number of fused-ring (bicyclic) bond motifs is 3. The molecule has 2 aliphatic heterocycles. The summed E-state index contributed by atoms with van der Waals surface area (Å²) in [7, 11) is -3.96. The zero-order chi connectivity index (χ0) is 44.0. The van der Waals surface area contributed by atoms with Crippen LogP contribution in [0, 0.1) is 17.3 Å². The molecule has 1 saturated heterocycles. The quantitative estimate of drug-likeness (QED) is 0.156. The summed E-state index contributed by atoms with van der Waals surface area (Å²) in [5, 5.41) is 0. The van der Waals surface area contributed by atoms with Gasteiger partial charge in [-0.25, -0.2) is 8.42 Å². The number of ether oxygens (including phenoxy) is 2. The second kappa shape index (κ2) is 16.8. The fourth-order valence-electron chi connectivity index (χ4n) is 9.21. The van der Waals surface area contributed by atoms with Crippen LogP contribution in [-0.4, -0.2) is 70.3 Å². The molecule has 330 valence electrons. The number of halogens is 3. The molecule has 3 fully saturated rings. The number of sulfonamides is 1. The number of nitrogens with zero attached hydrogens (tertiary/aromatic N) is 3. The zero-order valence-corrected chi connectivity index (χ0v) is 36.0. The van der Waals surface area contributed by atoms with Gasteiger partial charge in [0.2, 0.25) is 21.8 Å². The second-order valence-corrected chi connectivity index (χ2v) is 20.2. The minimum atomic E-state index is -4.82. The van der Waals surface area contributed by atoms with Crippen molar-refractivity contribution in [1.82, 2.24) is 19.2 Å². The van der Waals surface area contributed by atoms with Crippen LogP contribution < -0.4 is 14.2 Å². The standard InChI is InChI=1S/C47H53F3N4O7S/c1-30(2)54-38-18-12-17-37(32-19-21-35(22-20-32)61-47(48,49)50)41(38)51-44(54)60-36-26-39-40(55)28-46(43(57)52-62(58,59)45(3)23-24-45)27-34(46)16-11-6-4-5-10-15-33(42(56)53(39)29-36)25-31-13-8-7-9-14-31/h7-9,11-14,16-22,30,33-34,36,39H,4-6,10,15,23-29H2,1-3H3,(H,52,57)/b16-11-/t33-,34-,36-,39+,46-/m1/s1. The number of ketones is 1. The topological polar surface area (TPSA) is 137 Å². The lowest BCUT2D eigenvalue weighted by Crippen LogP contribution is -2.47. The fraction of sp³-hybridized carbons (Fsp3) is 0.489. The van der Waals surface area contributed by atoms with E-state index in [1.807, 2.05) is 79.1 Å². The van der Waals surface area contributed by atoms with E-state index in [0.29, 0.717) is 48.7 Å². The molecule has 5 atom stereocenters. The van der Waals surface area contributed by atoms with Crippen molar-refractivity contribution in [3.05, 3.63) is 90.5 Å². The van der Waals surface area contributed by atoms with Crippen LogP contribution in [0.5, 0.6) is 11.8 Å². The van der Waals surface area contributed by atoms with Crippen LogP contribution in [0.2, 0.25) is 0 Å². The molecule has 2 saturated carbocycles. The van der Waals surface area contributed by atoms with Crippen molar-refractivity contribution in [2.45, 2.75) is 121 Å². The van der Waals surface area contributed by atoms with Crippen molar-refractivity contribution < 1.29 is 45.4 Å². The third-order valence-electron chi connectivity index (χ3n) is 13.2. The predicted octanol–water partition coefficient (Wildman–Crippen LogP) is 8.87. The van der Waals surface area contributed by atoms with Crippen molar-refractivity contribution in [3.63, 3.8) is 0 Å². The summed E-state index contributed by atoms with van der Waals surface area (Å²) in [4.78, 5) is 50.3. The first kappa shape index (κ1) is 43.5. The Labute approximate surface area is 360 Å². The van der Waals surface area contributed by atoms with Crippen LogP contribution in [0.25, 0.3) is 22.2 Å². The maximum absolute atomic E-state index is 14.9. The maximum atomic E-state index is 14.9. The Balaban J connectivity index is 1.12. The summed E-state index contributed by atoms with van der Waals surface area (Å²) < 4.78 is 79.3. The highest BCUT2D eigenvalue weighted by Gasteiger charge is 2.62.